The Morgan fingerprint density at radius 1 is 1.09 bits per heavy atom. The normalized spacial score (nSPS) is 16.3. The van der Waals surface area contributed by atoms with Crippen LogP contribution in [0.25, 0.3) is 11.5 Å². The van der Waals surface area contributed by atoms with Crippen LogP contribution >= 0.6 is 0 Å². The summed E-state index contributed by atoms with van der Waals surface area (Å²) in [5.74, 6) is 1.50. The van der Waals surface area contributed by atoms with Crippen LogP contribution in [0.4, 0.5) is 13.2 Å². The largest absolute Gasteiger partial charge is 0.493 e. The average molecular weight is 461 g/mol. The highest BCUT2D eigenvalue weighted by Gasteiger charge is 2.34. The summed E-state index contributed by atoms with van der Waals surface area (Å²) in [6, 6.07) is 10.1. The number of aromatic nitrogens is 2. The topological polar surface area (TPSA) is 77.7 Å². The first-order valence-corrected chi connectivity index (χ1v) is 10.3. The van der Waals surface area contributed by atoms with Crippen molar-refractivity contribution < 1.29 is 32.0 Å². The summed E-state index contributed by atoms with van der Waals surface area (Å²) in [7, 11) is 3.14. The SMILES string of the molecule is COc1ccc(CCN2CC(c3noc(-c4ccc(C(F)(F)F)cc4)n3)CC2=O)cc1OC. The summed E-state index contributed by atoms with van der Waals surface area (Å²) in [5.41, 5.74) is 0.641. The third kappa shape index (κ3) is 4.94. The molecule has 0 saturated carbocycles. The number of likely N-dealkylation sites (tertiary alicyclic amines) is 1. The van der Waals surface area contributed by atoms with E-state index in [0.29, 0.717) is 42.4 Å². The maximum atomic E-state index is 12.7. The van der Waals surface area contributed by atoms with E-state index in [-0.39, 0.29) is 24.1 Å². The second-order valence-electron chi connectivity index (χ2n) is 7.71. The number of nitrogens with zero attached hydrogens (tertiary/aromatic N) is 3. The van der Waals surface area contributed by atoms with Crippen LogP contribution in [0.5, 0.6) is 11.5 Å². The zero-order valence-corrected chi connectivity index (χ0v) is 18.1. The zero-order chi connectivity index (χ0) is 23.6. The molecule has 1 aliphatic heterocycles. The summed E-state index contributed by atoms with van der Waals surface area (Å²) in [5, 5.41) is 3.96. The molecule has 2 aromatic carbocycles. The van der Waals surface area contributed by atoms with E-state index in [1.54, 1.807) is 19.1 Å². The lowest BCUT2D eigenvalue weighted by molar-refractivity contribution is -0.137. The Morgan fingerprint density at radius 2 is 1.82 bits per heavy atom. The zero-order valence-electron chi connectivity index (χ0n) is 18.1. The smallest absolute Gasteiger partial charge is 0.416 e. The van der Waals surface area contributed by atoms with Gasteiger partial charge in [0.15, 0.2) is 17.3 Å². The Kier molecular flexibility index (Phi) is 6.26. The Bertz CT molecular complexity index is 1130. The molecule has 0 spiro atoms. The van der Waals surface area contributed by atoms with Gasteiger partial charge in [0.1, 0.15) is 0 Å². The maximum absolute atomic E-state index is 12.7. The number of alkyl halides is 3. The number of ether oxygens (including phenoxy) is 2. The van der Waals surface area contributed by atoms with Crippen LogP contribution in [0.2, 0.25) is 0 Å². The number of halogens is 3. The molecule has 1 amide bonds. The van der Waals surface area contributed by atoms with Gasteiger partial charge in [0.2, 0.25) is 5.91 Å². The van der Waals surface area contributed by atoms with Gasteiger partial charge < -0.3 is 18.9 Å². The van der Waals surface area contributed by atoms with E-state index in [4.69, 9.17) is 14.0 Å². The van der Waals surface area contributed by atoms with Crippen molar-refractivity contribution in [3.63, 3.8) is 0 Å². The van der Waals surface area contributed by atoms with E-state index in [0.717, 1.165) is 17.7 Å². The highest BCUT2D eigenvalue weighted by Crippen LogP contribution is 2.32. The number of hydrogen-bond donors (Lipinski definition) is 0. The van der Waals surface area contributed by atoms with Crippen LogP contribution in [0.15, 0.2) is 47.0 Å². The Labute approximate surface area is 188 Å². The highest BCUT2D eigenvalue weighted by atomic mass is 19.4. The molecule has 1 saturated heterocycles. The van der Waals surface area contributed by atoms with E-state index < -0.39 is 11.7 Å². The van der Waals surface area contributed by atoms with Gasteiger partial charge in [-0.3, -0.25) is 4.79 Å². The molecule has 0 radical (unpaired) electrons. The van der Waals surface area contributed by atoms with E-state index in [9.17, 15) is 18.0 Å². The van der Waals surface area contributed by atoms with E-state index >= 15 is 0 Å². The summed E-state index contributed by atoms with van der Waals surface area (Å²) < 4.78 is 54.0. The highest BCUT2D eigenvalue weighted by molar-refractivity contribution is 5.79. The van der Waals surface area contributed by atoms with Gasteiger partial charge in [-0.25, -0.2) is 0 Å². The van der Waals surface area contributed by atoms with Crippen LogP contribution in [0, 0.1) is 0 Å². The van der Waals surface area contributed by atoms with Crippen LogP contribution in [0.3, 0.4) is 0 Å². The molecule has 33 heavy (non-hydrogen) atoms. The van der Waals surface area contributed by atoms with Crippen LogP contribution in [-0.2, 0) is 17.4 Å². The van der Waals surface area contributed by atoms with Gasteiger partial charge >= 0.3 is 6.18 Å². The molecule has 1 fully saturated rings. The Balaban J connectivity index is 1.39. The van der Waals surface area contributed by atoms with Crippen molar-refractivity contribution in [1.82, 2.24) is 15.0 Å². The second kappa shape index (κ2) is 9.13. The molecule has 2 heterocycles. The third-order valence-corrected chi connectivity index (χ3v) is 5.60. The third-order valence-electron chi connectivity index (χ3n) is 5.60. The number of benzene rings is 2. The fourth-order valence-electron chi connectivity index (χ4n) is 3.78. The van der Waals surface area contributed by atoms with E-state index in [2.05, 4.69) is 10.1 Å². The number of amides is 1. The van der Waals surface area contributed by atoms with Crippen molar-refractivity contribution in [2.24, 2.45) is 0 Å². The number of hydrogen-bond acceptors (Lipinski definition) is 6. The molecule has 0 N–H and O–H groups in total. The molecule has 1 aliphatic rings. The molecule has 0 aliphatic carbocycles. The fraction of sp³-hybridized carbons (Fsp3) is 0.348. The molecule has 1 unspecified atom stereocenters. The maximum Gasteiger partial charge on any atom is 0.416 e. The lowest BCUT2D eigenvalue weighted by Crippen LogP contribution is -2.27. The summed E-state index contributed by atoms with van der Waals surface area (Å²) in [4.78, 5) is 18.6. The minimum absolute atomic E-state index is 0.0126. The average Bonchev–Trinajstić information content (AvgIpc) is 3.44. The van der Waals surface area contributed by atoms with Crippen molar-refractivity contribution in [2.45, 2.75) is 24.9 Å². The number of methoxy groups -OCH3 is 2. The Hall–Kier alpha value is -3.56. The van der Waals surface area contributed by atoms with Gasteiger partial charge in [0.25, 0.3) is 5.89 Å². The first-order chi connectivity index (χ1) is 15.8. The van der Waals surface area contributed by atoms with Crippen LogP contribution in [-0.4, -0.2) is 48.3 Å². The molecule has 1 atom stereocenters. The second-order valence-corrected chi connectivity index (χ2v) is 7.71. The summed E-state index contributed by atoms with van der Waals surface area (Å²) in [6.07, 6.45) is -3.52. The van der Waals surface area contributed by atoms with Crippen molar-refractivity contribution in [3.05, 3.63) is 59.4 Å². The number of carbonyl (C=O) groups is 1. The minimum atomic E-state index is -4.41. The number of rotatable bonds is 7. The van der Waals surface area contributed by atoms with Crippen molar-refractivity contribution in [3.8, 4) is 23.0 Å². The predicted octanol–water partition coefficient (Wildman–Crippen LogP) is 4.33. The van der Waals surface area contributed by atoms with Gasteiger partial charge in [-0.05, 0) is 48.4 Å². The van der Waals surface area contributed by atoms with Gasteiger partial charge in [-0.15, -0.1) is 0 Å². The first-order valence-electron chi connectivity index (χ1n) is 10.3. The molecule has 0 bridgehead atoms. The Morgan fingerprint density at radius 3 is 2.48 bits per heavy atom. The molecule has 174 valence electrons. The molecule has 3 aromatic rings. The van der Waals surface area contributed by atoms with Crippen molar-refractivity contribution in [2.75, 3.05) is 27.3 Å². The standard InChI is InChI=1S/C23H22F3N3O4/c1-31-18-8-3-14(11-19(18)32-2)9-10-29-13-16(12-20(29)30)21-27-22(33-28-21)15-4-6-17(7-5-15)23(24,25)26/h3-8,11,16H,9-10,12-13H2,1-2H3. The first kappa shape index (κ1) is 22.6. The lowest BCUT2D eigenvalue weighted by atomic mass is 10.1. The summed E-state index contributed by atoms with van der Waals surface area (Å²) in [6.45, 7) is 0.965. The quantitative estimate of drug-likeness (QED) is 0.521. The molecule has 4 rings (SSSR count). The molecular formula is C23H22F3N3O4. The monoisotopic (exact) mass is 461 g/mol. The van der Waals surface area contributed by atoms with E-state index in [1.807, 2.05) is 18.2 Å². The van der Waals surface area contributed by atoms with Crippen LogP contribution in [0.1, 0.15) is 29.3 Å². The lowest BCUT2D eigenvalue weighted by Gasteiger charge is -2.16. The number of carbonyl (C=O) groups excluding carboxylic acids is 1. The van der Waals surface area contributed by atoms with Crippen molar-refractivity contribution >= 4 is 5.91 Å². The van der Waals surface area contributed by atoms with Crippen molar-refractivity contribution in [1.29, 1.82) is 0 Å². The molecule has 10 heteroatoms. The van der Waals surface area contributed by atoms with Gasteiger partial charge in [0, 0.05) is 31.0 Å². The predicted molar refractivity (Wildman–Crippen MR) is 112 cm³/mol. The van der Waals surface area contributed by atoms with Crippen LogP contribution < -0.4 is 9.47 Å². The minimum Gasteiger partial charge on any atom is -0.493 e. The summed E-state index contributed by atoms with van der Waals surface area (Å²) >= 11 is 0. The molecule has 7 nitrogen and oxygen atoms in total. The molecular weight excluding hydrogens is 439 g/mol. The van der Waals surface area contributed by atoms with Gasteiger partial charge in [-0.1, -0.05) is 11.2 Å². The van der Waals surface area contributed by atoms with Gasteiger partial charge in [0.05, 0.1) is 19.8 Å². The van der Waals surface area contributed by atoms with Gasteiger partial charge in [-0.2, -0.15) is 18.2 Å². The molecule has 1 aromatic heterocycles. The van der Waals surface area contributed by atoms with E-state index in [1.165, 1.54) is 12.1 Å². The fourth-order valence-corrected chi connectivity index (χ4v) is 3.78.